The van der Waals surface area contributed by atoms with Crippen LogP contribution in [0.3, 0.4) is 0 Å². The zero-order valence-electron chi connectivity index (χ0n) is 7.77. The molecule has 0 heterocycles. The van der Waals surface area contributed by atoms with Crippen LogP contribution in [0, 0.1) is 5.82 Å². The lowest BCUT2D eigenvalue weighted by Crippen LogP contribution is -2.14. The van der Waals surface area contributed by atoms with Crippen LogP contribution in [0.4, 0.5) is 8.78 Å². The molecule has 0 unspecified atom stereocenters. The molecule has 0 spiro atoms. The fraction of sp³-hybridized carbons (Fsp3) is 0.400. The van der Waals surface area contributed by atoms with Gasteiger partial charge < -0.3 is 5.32 Å². The van der Waals surface area contributed by atoms with Gasteiger partial charge in [0, 0.05) is 17.2 Å². The van der Waals surface area contributed by atoms with E-state index < -0.39 is 12.5 Å². The molecule has 1 N–H and O–H groups in total. The van der Waals surface area contributed by atoms with E-state index >= 15 is 0 Å². The SMILES string of the molecule is CN[C@H](C)c1cccc(CF)c1F. The summed E-state index contributed by atoms with van der Waals surface area (Å²) in [7, 11) is 1.74. The molecule has 3 heteroatoms. The Morgan fingerprint density at radius 3 is 2.69 bits per heavy atom. The van der Waals surface area contributed by atoms with Crippen molar-refractivity contribution in [3.05, 3.63) is 35.1 Å². The van der Waals surface area contributed by atoms with E-state index in [-0.39, 0.29) is 11.6 Å². The summed E-state index contributed by atoms with van der Waals surface area (Å²) >= 11 is 0. The fourth-order valence-electron chi connectivity index (χ4n) is 1.19. The van der Waals surface area contributed by atoms with Crippen molar-refractivity contribution < 1.29 is 8.78 Å². The predicted molar refractivity (Wildman–Crippen MR) is 48.7 cm³/mol. The van der Waals surface area contributed by atoms with Crippen molar-refractivity contribution in [1.82, 2.24) is 5.32 Å². The number of hydrogen-bond acceptors (Lipinski definition) is 1. The molecule has 0 amide bonds. The summed E-state index contributed by atoms with van der Waals surface area (Å²) in [5, 5.41) is 2.91. The standard InChI is InChI=1S/C10H13F2N/c1-7(13-2)9-5-3-4-8(6-11)10(9)12/h3-5,7,13H,6H2,1-2H3/t7-/m1/s1. The molecule has 72 valence electrons. The summed E-state index contributed by atoms with van der Waals surface area (Å²) in [4.78, 5) is 0. The Morgan fingerprint density at radius 2 is 2.15 bits per heavy atom. The highest BCUT2D eigenvalue weighted by Gasteiger charge is 2.11. The summed E-state index contributed by atoms with van der Waals surface area (Å²) in [6.45, 7) is 1.08. The molecule has 1 aromatic carbocycles. The molecule has 1 nitrogen and oxygen atoms in total. The minimum Gasteiger partial charge on any atom is -0.313 e. The van der Waals surface area contributed by atoms with E-state index in [1.54, 1.807) is 19.2 Å². The van der Waals surface area contributed by atoms with Crippen molar-refractivity contribution in [3.63, 3.8) is 0 Å². The van der Waals surface area contributed by atoms with Crippen LogP contribution >= 0.6 is 0 Å². The third kappa shape index (κ3) is 2.04. The Kier molecular flexibility index (Phi) is 3.37. The maximum absolute atomic E-state index is 13.4. The third-order valence-corrected chi connectivity index (χ3v) is 2.15. The largest absolute Gasteiger partial charge is 0.313 e. The first-order valence-electron chi connectivity index (χ1n) is 4.21. The van der Waals surface area contributed by atoms with Crippen molar-refractivity contribution >= 4 is 0 Å². The Morgan fingerprint density at radius 1 is 1.46 bits per heavy atom. The van der Waals surface area contributed by atoms with Gasteiger partial charge in [0.2, 0.25) is 0 Å². The van der Waals surface area contributed by atoms with Gasteiger partial charge >= 0.3 is 0 Å². The van der Waals surface area contributed by atoms with Gasteiger partial charge in [-0.1, -0.05) is 18.2 Å². The van der Waals surface area contributed by atoms with Gasteiger partial charge in [-0.3, -0.25) is 0 Å². The van der Waals surface area contributed by atoms with E-state index in [0.29, 0.717) is 5.56 Å². The summed E-state index contributed by atoms with van der Waals surface area (Å²) in [5.41, 5.74) is 0.636. The van der Waals surface area contributed by atoms with Gasteiger partial charge in [0.25, 0.3) is 0 Å². The lowest BCUT2D eigenvalue weighted by atomic mass is 10.0. The molecule has 0 radical (unpaired) electrons. The van der Waals surface area contributed by atoms with Crippen LogP contribution in [0.1, 0.15) is 24.1 Å². The van der Waals surface area contributed by atoms with Crippen LogP contribution in [-0.4, -0.2) is 7.05 Å². The number of rotatable bonds is 3. The molecule has 0 saturated heterocycles. The molecule has 0 saturated carbocycles. The molecule has 1 aromatic rings. The first-order valence-corrected chi connectivity index (χ1v) is 4.21. The van der Waals surface area contributed by atoms with Crippen LogP contribution in [0.25, 0.3) is 0 Å². The Labute approximate surface area is 76.8 Å². The van der Waals surface area contributed by atoms with E-state index in [0.717, 1.165) is 0 Å². The second kappa shape index (κ2) is 4.33. The van der Waals surface area contributed by atoms with Gasteiger partial charge in [-0.25, -0.2) is 8.78 Å². The second-order valence-electron chi connectivity index (χ2n) is 2.96. The molecule has 1 atom stereocenters. The lowest BCUT2D eigenvalue weighted by Gasteiger charge is -2.12. The van der Waals surface area contributed by atoms with Gasteiger partial charge in [0.1, 0.15) is 12.5 Å². The molecule has 0 aliphatic heterocycles. The van der Waals surface area contributed by atoms with Crippen LogP contribution < -0.4 is 5.32 Å². The summed E-state index contributed by atoms with van der Waals surface area (Å²) in [6.07, 6.45) is 0. The topological polar surface area (TPSA) is 12.0 Å². The maximum Gasteiger partial charge on any atom is 0.133 e. The number of halogens is 2. The highest BCUT2D eigenvalue weighted by molar-refractivity contribution is 5.27. The van der Waals surface area contributed by atoms with Gasteiger partial charge in [0.15, 0.2) is 0 Å². The molecular formula is C10H13F2N. The Balaban J connectivity index is 3.08. The van der Waals surface area contributed by atoms with Crippen molar-refractivity contribution in [2.45, 2.75) is 19.6 Å². The third-order valence-electron chi connectivity index (χ3n) is 2.15. The summed E-state index contributed by atoms with van der Waals surface area (Å²) in [5.74, 6) is -0.438. The molecule has 0 fully saturated rings. The van der Waals surface area contributed by atoms with E-state index in [9.17, 15) is 8.78 Å². The first-order chi connectivity index (χ1) is 6.20. The van der Waals surface area contributed by atoms with E-state index in [2.05, 4.69) is 5.32 Å². The van der Waals surface area contributed by atoms with Crippen LogP contribution in [0.15, 0.2) is 18.2 Å². The number of alkyl halides is 1. The minimum absolute atomic E-state index is 0.0912. The predicted octanol–water partition coefficient (Wildman–Crippen LogP) is 2.58. The fourth-order valence-corrected chi connectivity index (χ4v) is 1.19. The summed E-state index contributed by atoms with van der Waals surface area (Å²) < 4.78 is 25.7. The van der Waals surface area contributed by atoms with E-state index in [4.69, 9.17) is 0 Å². The van der Waals surface area contributed by atoms with Crippen molar-refractivity contribution in [3.8, 4) is 0 Å². The van der Waals surface area contributed by atoms with Gasteiger partial charge in [-0.2, -0.15) is 0 Å². The van der Waals surface area contributed by atoms with Crippen molar-refractivity contribution in [1.29, 1.82) is 0 Å². The normalized spacial score (nSPS) is 12.9. The first kappa shape index (κ1) is 10.1. The monoisotopic (exact) mass is 185 g/mol. The molecule has 0 aliphatic carbocycles. The van der Waals surface area contributed by atoms with E-state index in [1.165, 1.54) is 6.07 Å². The van der Waals surface area contributed by atoms with Crippen LogP contribution in [0.2, 0.25) is 0 Å². The number of nitrogens with one attached hydrogen (secondary N) is 1. The molecule has 0 aliphatic rings. The summed E-state index contributed by atoms with van der Waals surface area (Å²) in [6, 6.07) is 4.70. The average Bonchev–Trinajstić information content (AvgIpc) is 2.17. The molecule has 1 rings (SSSR count). The average molecular weight is 185 g/mol. The smallest absolute Gasteiger partial charge is 0.133 e. The molecular weight excluding hydrogens is 172 g/mol. The Bertz CT molecular complexity index is 286. The zero-order valence-corrected chi connectivity index (χ0v) is 7.77. The second-order valence-corrected chi connectivity index (χ2v) is 2.96. The van der Waals surface area contributed by atoms with Crippen molar-refractivity contribution in [2.75, 3.05) is 7.05 Å². The molecule has 13 heavy (non-hydrogen) atoms. The molecule has 0 bridgehead atoms. The van der Waals surface area contributed by atoms with E-state index in [1.807, 2.05) is 6.92 Å². The Hall–Kier alpha value is -0.960. The number of benzene rings is 1. The maximum atomic E-state index is 13.4. The number of hydrogen-bond donors (Lipinski definition) is 1. The molecule has 0 aromatic heterocycles. The minimum atomic E-state index is -0.754. The van der Waals surface area contributed by atoms with Crippen LogP contribution in [0.5, 0.6) is 0 Å². The lowest BCUT2D eigenvalue weighted by molar-refractivity contribution is 0.457. The highest BCUT2D eigenvalue weighted by atomic mass is 19.1. The van der Waals surface area contributed by atoms with Gasteiger partial charge in [-0.15, -0.1) is 0 Å². The van der Waals surface area contributed by atoms with Crippen LogP contribution in [-0.2, 0) is 6.67 Å². The highest BCUT2D eigenvalue weighted by Crippen LogP contribution is 2.19. The van der Waals surface area contributed by atoms with Crippen molar-refractivity contribution in [2.24, 2.45) is 0 Å². The zero-order chi connectivity index (χ0) is 9.84. The van der Waals surface area contributed by atoms with Gasteiger partial charge in [0.05, 0.1) is 0 Å². The quantitative estimate of drug-likeness (QED) is 0.763. The van der Waals surface area contributed by atoms with Gasteiger partial charge in [-0.05, 0) is 14.0 Å².